The summed E-state index contributed by atoms with van der Waals surface area (Å²) in [6.07, 6.45) is -2.48. The van der Waals surface area contributed by atoms with Crippen molar-refractivity contribution in [3.8, 4) is 17.4 Å². The molecular formula is C25H25Cl2F3N6O3. The third-order valence-corrected chi connectivity index (χ3v) is 6.33. The molecule has 0 spiro atoms. The number of hydrogen-bond donors (Lipinski definition) is 3. The standard InChI is InChI=1S/C25H24ClF3N6O3.ClH/c26-19-3-2-15(10-20(19)38-24-21-22(32-14-33-24)31-6-9-37-21)23(36)34-17-11-16(25(27,28)29)12-18(13-17)35-7-1-4-30-5-8-35;/h2-3,10-14,30H,1,4-9H2,(H,34,36)(H,31,32,33);1H. The van der Waals surface area contributed by atoms with Crippen molar-refractivity contribution < 1.29 is 27.4 Å². The first kappa shape index (κ1) is 28.5. The molecule has 2 aliphatic heterocycles. The van der Waals surface area contributed by atoms with Crippen molar-refractivity contribution in [1.82, 2.24) is 15.3 Å². The summed E-state index contributed by atoms with van der Waals surface area (Å²) in [4.78, 5) is 23.2. The second kappa shape index (κ2) is 12.1. The summed E-state index contributed by atoms with van der Waals surface area (Å²) in [7, 11) is 0. The molecule has 0 aliphatic carbocycles. The molecule has 1 aromatic heterocycles. The molecule has 1 amide bonds. The van der Waals surface area contributed by atoms with Crippen molar-refractivity contribution in [3.63, 3.8) is 0 Å². The Morgan fingerprint density at radius 1 is 1.10 bits per heavy atom. The highest BCUT2D eigenvalue weighted by Crippen LogP contribution is 2.39. The number of halogens is 5. The summed E-state index contributed by atoms with van der Waals surface area (Å²) >= 11 is 6.29. The van der Waals surface area contributed by atoms with Gasteiger partial charge in [-0.3, -0.25) is 4.79 Å². The van der Waals surface area contributed by atoms with Crippen LogP contribution in [0.1, 0.15) is 22.3 Å². The molecule has 39 heavy (non-hydrogen) atoms. The Morgan fingerprint density at radius 3 is 2.77 bits per heavy atom. The van der Waals surface area contributed by atoms with Gasteiger partial charge in [-0.15, -0.1) is 12.4 Å². The molecule has 1 fully saturated rings. The second-order valence-corrected chi connectivity index (χ2v) is 9.10. The van der Waals surface area contributed by atoms with E-state index >= 15 is 0 Å². The molecule has 0 bridgehead atoms. The average Bonchev–Trinajstić information content (AvgIpc) is 3.19. The van der Waals surface area contributed by atoms with Crippen molar-refractivity contribution in [2.45, 2.75) is 12.6 Å². The molecule has 1 saturated heterocycles. The summed E-state index contributed by atoms with van der Waals surface area (Å²) in [5.74, 6) is 0.376. The Morgan fingerprint density at radius 2 is 1.95 bits per heavy atom. The highest BCUT2D eigenvalue weighted by atomic mass is 35.5. The highest BCUT2D eigenvalue weighted by molar-refractivity contribution is 6.32. The van der Waals surface area contributed by atoms with Crippen LogP contribution in [0.15, 0.2) is 42.7 Å². The zero-order chi connectivity index (χ0) is 26.7. The van der Waals surface area contributed by atoms with Gasteiger partial charge in [-0.1, -0.05) is 11.6 Å². The molecule has 0 radical (unpaired) electrons. The molecule has 208 valence electrons. The number of carbonyl (C=O) groups excluding carboxylic acids is 1. The van der Waals surface area contributed by atoms with Gasteiger partial charge in [-0.2, -0.15) is 18.2 Å². The van der Waals surface area contributed by atoms with E-state index in [-0.39, 0.29) is 40.3 Å². The van der Waals surface area contributed by atoms with E-state index in [1.807, 2.05) is 4.90 Å². The van der Waals surface area contributed by atoms with Gasteiger partial charge in [0.05, 0.1) is 17.1 Å². The lowest BCUT2D eigenvalue weighted by Gasteiger charge is -2.24. The molecule has 3 N–H and O–H groups in total. The molecule has 3 aromatic rings. The number of nitrogens with zero attached hydrogens (tertiary/aromatic N) is 3. The number of amides is 1. The predicted molar refractivity (Wildman–Crippen MR) is 144 cm³/mol. The molecule has 9 nitrogen and oxygen atoms in total. The van der Waals surface area contributed by atoms with Crippen molar-refractivity contribution in [2.75, 3.05) is 54.9 Å². The lowest BCUT2D eigenvalue weighted by atomic mass is 10.1. The molecular weight excluding hydrogens is 560 g/mol. The van der Waals surface area contributed by atoms with Gasteiger partial charge in [0.2, 0.25) is 5.75 Å². The molecule has 5 rings (SSSR count). The lowest BCUT2D eigenvalue weighted by molar-refractivity contribution is -0.137. The number of hydrogen-bond acceptors (Lipinski definition) is 8. The van der Waals surface area contributed by atoms with Crippen LogP contribution in [0.2, 0.25) is 5.02 Å². The largest absolute Gasteiger partial charge is 0.483 e. The minimum absolute atomic E-state index is 0. The van der Waals surface area contributed by atoms with Crippen LogP contribution in [0.4, 0.5) is 30.4 Å². The van der Waals surface area contributed by atoms with Crippen molar-refractivity contribution in [1.29, 1.82) is 0 Å². The third-order valence-electron chi connectivity index (χ3n) is 6.02. The van der Waals surface area contributed by atoms with Gasteiger partial charge in [0, 0.05) is 36.6 Å². The normalized spacial score (nSPS) is 15.1. The maximum absolute atomic E-state index is 13.7. The number of anilines is 3. The Bertz CT molecular complexity index is 1340. The molecule has 2 aliphatic rings. The Kier molecular flexibility index (Phi) is 8.88. The van der Waals surface area contributed by atoms with Gasteiger partial charge < -0.3 is 30.3 Å². The molecule has 0 saturated carbocycles. The number of nitrogens with one attached hydrogen (secondary N) is 3. The number of benzene rings is 2. The van der Waals surface area contributed by atoms with E-state index in [0.29, 0.717) is 50.0 Å². The Hall–Kier alpha value is -3.48. The van der Waals surface area contributed by atoms with E-state index in [0.717, 1.165) is 25.1 Å². The van der Waals surface area contributed by atoms with Crippen LogP contribution >= 0.6 is 24.0 Å². The van der Waals surface area contributed by atoms with Crippen LogP contribution in [-0.2, 0) is 6.18 Å². The first-order valence-corrected chi connectivity index (χ1v) is 12.3. The van der Waals surface area contributed by atoms with Gasteiger partial charge in [0.25, 0.3) is 11.8 Å². The SMILES string of the molecule is Cl.O=C(Nc1cc(N2CCCNCC2)cc(C(F)(F)F)c1)c1ccc(Cl)c(Oc2ncnc3c2OCCN3)c1. The molecule has 3 heterocycles. The maximum Gasteiger partial charge on any atom is 0.416 e. The lowest BCUT2D eigenvalue weighted by Crippen LogP contribution is -2.28. The van der Waals surface area contributed by atoms with Gasteiger partial charge in [-0.05, 0) is 49.4 Å². The minimum Gasteiger partial charge on any atom is -0.483 e. The zero-order valence-electron chi connectivity index (χ0n) is 20.5. The maximum atomic E-state index is 13.7. The first-order valence-electron chi connectivity index (χ1n) is 12.0. The fourth-order valence-corrected chi connectivity index (χ4v) is 4.33. The van der Waals surface area contributed by atoms with Crippen molar-refractivity contribution in [2.24, 2.45) is 0 Å². The van der Waals surface area contributed by atoms with Crippen molar-refractivity contribution in [3.05, 3.63) is 58.9 Å². The van der Waals surface area contributed by atoms with Crippen LogP contribution in [0.25, 0.3) is 0 Å². The monoisotopic (exact) mass is 584 g/mol. The van der Waals surface area contributed by atoms with E-state index in [1.54, 1.807) is 6.07 Å². The van der Waals surface area contributed by atoms with Crippen LogP contribution in [-0.4, -0.2) is 55.2 Å². The average molecular weight is 585 g/mol. The number of rotatable bonds is 5. The number of fused-ring (bicyclic) bond motifs is 1. The van der Waals surface area contributed by atoms with Crippen LogP contribution in [0.3, 0.4) is 0 Å². The quantitative estimate of drug-likeness (QED) is 0.375. The van der Waals surface area contributed by atoms with Crippen LogP contribution < -0.4 is 30.3 Å². The van der Waals surface area contributed by atoms with E-state index in [4.69, 9.17) is 21.1 Å². The van der Waals surface area contributed by atoms with Gasteiger partial charge in [-0.25, -0.2) is 4.98 Å². The Labute approximate surface area is 233 Å². The van der Waals surface area contributed by atoms with Crippen molar-refractivity contribution >= 4 is 47.1 Å². The number of alkyl halides is 3. The summed E-state index contributed by atoms with van der Waals surface area (Å²) in [5.41, 5.74) is -0.297. The summed E-state index contributed by atoms with van der Waals surface area (Å²) < 4.78 is 52.5. The first-order chi connectivity index (χ1) is 18.3. The number of aromatic nitrogens is 2. The minimum atomic E-state index is -4.57. The molecule has 0 unspecified atom stereocenters. The highest BCUT2D eigenvalue weighted by Gasteiger charge is 2.32. The fraction of sp³-hybridized carbons (Fsp3) is 0.320. The van der Waals surface area contributed by atoms with E-state index in [2.05, 4.69) is 25.9 Å². The molecule has 14 heteroatoms. The van der Waals surface area contributed by atoms with Crippen LogP contribution in [0, 0.1) is 0 Å². The molecule has 2 aromatic carbocycles. The summed E-state index contributed by atoms with van der Waals surface area (Å²) in [6.45, 7) is 3.57. The van der Waals surface area contributed by atoms with Crippen LogP contribution in [0.5, 0.6) is 17.4 Å². The van der Waals surface area contributed by atoms with E-state index in [9.17, 15) is 18.0 Å². The van der Waals surface area contributed by atoms with Gasteiger partial charge >= 0.3 is 6.18 Å². The number of carbonyl (C=O) groups is 1. The smallest absolute Gasteiger partial charge is 0.416 e. The van der Waals surface area contributed by atoms with Gasteiger partial charge in [0.1, 0.15) is 18.7 Å². The van der Waals surface area contributed by atoms with Gasteiger partial charge in [0.15, 0.2) is 5.82 Å². The third kappa shape index (κ3) is 6.75. The van der Waals surface area contributed by atoms with E-state index < -0.39 is 17.6 Å². The topological polar surface area (TPSA) is 101 Å². The predicted octanol–water partition coefficient (Wildman–Crippen LogP) is 5.22. The second-order valence-electron chi connectivity index (χ2n) is 8.69. The fourth-order valence-electron chi connectivity index (χ4n) is 4.17. The Balaban J connectivity index is 0.00000353. The van der Waals surface area contributed by atoms with E-state index in [1.165, 1.54) is 24.5 Å². The summed E-state index contributed by atoms with van der Waals surface area (Å²) in [5, 5.41) is 9.08. The zero-order valence-corrected chi connectivity index (χ0v) is 22.1. The molecule has 0 atom stereocenters. The number of ether oxygens (including phenoxy) is 2. The summed E-state index contributed by atoms with van der Waals surface area (Å²) in [6, 6.07) is 7.87.